The quantitative estimate of drug-likeness (QED) is 0.878. The van der Waals surface area contributed by atoms with Gasteiger partial charge in [0.1, 0.15) is 5.75 Å². The second kappa shape index (κ2) is 3.48. The third-order valence-corrected chi connectivity index (χ3v) is 3.91. The highest BCUT2D eigenvalue weighted by Crippen LogP contribution is 2.65. The standard InChI is InChI=1S/C12H13BrO3/c1-12(2)9(10(12)11(15)16)7-5-6(13)3-4-8(7)14/h3-5,9-10,14H,1-2H3,(H,15,16)/t9-,10+/m1/s1. The topological polar surface area (TPSA) is 57.5 Å². The fourth-order valence-electron chi connectivity index (χ4n) is 2.45. The molecule has 1 aromatic carbocycles. The summed E-state index contributed by atoms with van der Waals surface area (Å²) in [6.07, 6.45) is 0. The van der Waals surface area contributed by atoms with Crippen molar-refractivity contribution < 1.29 is 15.0 Å². The van der Waals surface area contributed by atoms with Crippen molar-refractivity contribution in [3.8, 4) is 5.75 Å². The summed E-state index contributed by atoms with van der Waals surface area (Å²) in [5, 5.41) is 18.9. The number of benzene rings is 1. The Balaban J connectivity index is 2.40. The van der Waals surface area contributed by atoms with E-state index in [1.54, 1.807) is 18.2 Å². The molecule has 3 nitrogen and oxygen atoms in total. The number of hydrogen-bond donors (Lipinski definition) is 2. The summed E-state index contributed by atoms with van der Waals surface area (Å²) in [7, 11) is 0. The monoisotopic (exact) mass is 284 g/mol. The van der Waals surface area contributed by atoms with Crippen LogP contribution in [0, 0.1) is 11.3 Å². The molecule has 0 aromatic heterocycles. The molecule has 0 unspecified atom stereocenters. The van der Waals surface area contributed by atoms with Gasteiger partial charge in [0.2, 0.25) is 0 Å². The summed E-state index contributed by atoms with van der Waals surface area (Å²) >= 11 is 3.33. The molecule has 2 atom stereocenters. The Bertz CT molecular complexity index is 454. The lowest BCUT2D eigenvalue weighted by atomic mass is 10.0. The first-order chi connectivity index (χ1) is 7.35. The SMILES string of the molecule is CC1(C)[C@H](C(=O)O)[C@H]1c1cc(Br)ccc1O. The van der Waals surface area contributed by atoms with Gasteiger partial charge >= 0.3 is 5.97 Å². The van der Waals surface area contributed by atoms with E-state index in [9.17, 15) is 9.90 Å². The van der Waals surface area contributed by atoms with Gasteiger partial charge < -0.3 is 10.2 Å². The van der Waals surface area contributed by atoms with E-state index >= 15 is 0 Å². The molecule has 0 aliphatic heterocycles. The molecule has 0 saturated heterocycles. The molecule has 1 aliphatic carbocycles. The number of carbonyl (C=O) groups is 1. The van der Waals surface area contributed by atoms with Crippen LogP contribution in [0.1, 0.15) is 25.3 Å². The summed E-state index contributed by atoms with van der Waals surface area (Å²) in [5.74, 6) is -1.14. The van der Waals surface area contributed by atoms with Crippen molar-refractivity contribution in [1.29, 1.82) is 0 Å². The molecule has 0 bridgehead atoms. The van der Waals surface area contributed by atoms with Gasteiger partial charge in [-0.05, 0) is 29.2 Å². The van der Waals surface area contributed by atoms with Crippen LogP contribution in [-0.2, 0) is 4.79 Å². The molecule has 0 heterocycles. The first-order valence-electron chi connectivity index (χ1n) is 5.07. The highest BCUT2D eigenvalue weighted by atomic mass is 79.9. The zero-order valence-electron chi connectivity index (χ0n) is 9.07. The van der Waals surface area contributed by atoms with E-state index in [1.165, 1.54) is 0 Å². The van der Waals surface area contributed by atoms with Gasteiger partial charge in [0, 0.05) is 10.4 Å². The molecular formula is C12H13BrO3. The second-order valence-corrected chi connectivity index (χ2v) is 5.73. The Morgan fingerprint density at radius 1 is 1.44 bits per heavy atom. The number of aromatic hydroxyl groups is 1. The van der Waals surface area contributed by atoms with E-state index in [4.69, 9.17) is 5.11 Å². The molecule has 1 fully saturated rings. The largest absolute Gasteiger partial charge is 0.508 e. The predicted molar refractivity (Wildman–Crippen MR) is 63.5 cm³/mol. The number of rotatable bonds is 2. The summed E-state index contributed by atoms with van der Waals surface area (Å²) in [6.45, 7) is 3.83. The van der Waals surface area contributed by atoms with E-state index in [2.05, 4.69) is 15.9 Å². The number of aliphatic carboxylic acids is 1. The Kier molecular flexibility index (Phi) is 2.49. The summed E-state index contributed by atoms with van der Waals surface area (Å²) in [4.78, 5) is 11.1. The van der Waals surface area contributed by atoms with Crippen molar-refractivity contribution in [2.75, 3.05) is 0 Å². The lowest BCUT2D eigenvalue weighted by Crippen LogP contribution is -2.03. The lowest BCUT2D eigenvalue weighted by molar-refractivity contribution is -0.139. The minimum Gasteiger partial charge on any atom is -0.508 e. The molecule has 16 heavy (non-hydrogen) atoms. The summed E-state index contributed by atoms with van der Waals surface area (Å²) in [6, 6.07) is 5.13. The summed E-state index contributed by atoms with van der Waals surface area (Å²) in [5.41, 5.74) is 0.427. The van der Waals surface area contributed by atoms with Gasteiger partial charge in [0.25, 0.3) is 0 Å². The number of carboxylic acid groups (broad SMARTS) is 1. The van der Waals surface area contributed by atoms with Gasteiger partial charge in [-0.2, -0.15) is 0 Å². The first-order valence-corrected chi connectivity index (χ1v) is 5.86. The smallest absolute Gasteiger partial charge is 0.307 e. The van der Waals surface area contributed by atoms with Crippen molar-refractivity contribution in [1.82, 2.24) is 0 Å². The fourth-order valence-corrected chi connectivity index (χ4v) is 2.83. The van der Waals surface area contributed by atoms with Gasteiger partial charge in [-0.1, -0.05) is 29.8 Å². The van der Waals surface area contributed by atoms with Gasteiger partial charge in [0.15, 0.2) is 0 Å². The van der Waals surface area contributed by atoms with Crippen LogP contribution in [0.15, 0.2) is 22.7 Å². The Labute approximate surface area is 102 Å². The predicted octanol–water partition coefficient (Wildman–Crippen LogP) is 2.98. The third kappa shape index (κ3) is 1.61. The number of halogens is 1. The first kappa shape index (κ1) is 11.5. The molecule has 0 spiro atoms. The number of phenols is 1. The van der Waals surface area contributed by atoms with E-state index in [1.807, 2.05) is 13.8 Å². The second-order valence-electron chi connectivity index (χ2n) is 4.82. The molecule has 0 amide bonds. The molecule has 2 rings (SSSR count). The molecule has 2 N–H and O–H groups in total. The highest BCUT2D eigenvalue weighted by molar-refractivity contribution is 9.10. The van der Waals surface area contributed by atoms with Crippen LogP contribution in [0.5, 0.6) is 5.75 Å². The third-order valence-electron chi connectivity index (χ3n) is 3.42. The van der Waals surface area contributed by atoms with Crippen LogP contribution in [0.25, 0.3) is 0 Å². The van der Waals surface area contributed by atoms with Crippen molar-refractivity contribution in [2.45, 2.75) is 19.8 Å². The maximum absolute atomic E-state index is 11.1. The average Bonchev–Trinajstić information content (AvgIpc) is 2.73. The van der Waals surface area contributed by atoms with Crippen molar-refractivity contribution in [3.63, 3.8) is 0 Å². The van der Waals surface area contributed by atoms with E-state index in [0.29, 0.717) is 5.56 Å². The van der Waals surface area contributed by atoms with E-state index < -0.39 is 11.9 Å². The zero-order valence-corrected chi connectivity index (χ0v) is 10.7. The van der Waals surface area contributed by atoms with Gasteiger partial charge in [-0.3, -0.25) is 4.79 Å². The molecule has 1 saturated carbocycles. The molecule has 1 aliphatic rings. The normalized spacial score (nSPS) is 26.4. The average molecular weight is 285 g/mol. The fraction of sp³-hybridized carbons (Fsp3) is 0.417. The maximum atomic E-state index is 11.1. The zero-order chi connectivity index (χ0) is 12.1. The number of hydrogen-bond acceptors (Lipinski definition) is 2. The molecular weight excluding hydrogens is 272 g/mol. The molecule has 4 heteroatoms. The summed E-state index contributed by atoms with van der Waals surface area (Å²) < 4.78 is 0.854. The van der Waals surface area contributed by atoms with Gasteiger partial charge in [-0.15, -0.1) is 0 Å². The minimum atomic E-state index is -0.797. The van der Waals surface area contributed by atoms with E-state index in [0.717, 1.165) is 4.47 Å². The molecule has 0 radical (unpaired) electrons. The van der Waals surface area contributed by atoms with Crippen LogP contribution in [-0.4, -0.2) is 16.2 Å². The minimum absolute atomic E-state index is 0.109. The number of phenolic OH excluding ortho intramolecular Hbond substituents is 1. The Hall–Kier alpha value is -1.03. The van der Waals surface area contributed by atoms with Crippen LogP contribution in [0.2, 0.25) is 0 Å². The van der Waals surface area contributed by atoms with Crippen LogP contribution >= 0.6 is 15.9 Å². The van der Waals surface area contributed by atoms with Crippen LogP contribution < -0.4 is 0 Å². The van der Waals surface area contributed by atoms with Gasteiger partial charge in [0.05, 0.1) is 5.92 Å². The molecule has 1 aromatic rings. The van der Waals surface area contributed by atoms with Crippen LogP contribution in [0.4, 0.5) is 0 Å². The van der Waals surface area contributed by atoms with Gasteiger partial charge in [-0.25, -0.2) is 0 Å². The lowest BCUT2D eigenvalue weighted by Gasteiger charge is -2.06. The van der Waals surface area contributed by atoms with Crippen molar-refractivity contribution >= 4 is 21.9 Å². The van der Waals surface area contributed by atoms with Crippen molar-refractivity contribution in [2.24, 2.45) is 11.3 Å². The maximum Gasteiger partial charge on any atom is 0.307 e. The molecule has 86 valence electrons. The van der Waals surface area contributed by atoms with E-state index in [-0.39, 0.29) is 17.1 Å². The Morgan fingerprint density at radius 3 is 2.56 bits per heavy atom. The van der Waals surface area contributed by atoms with Crippen LogP contribution in [0.3, 0.4) is 0 Å². The number of carboxylic acids is 1. The van der Waals surface area contributed by atoms with Crippen molar-refractivity contribution in [3.05, 3.63) is 28.2 Å². The Morgan fingerprint density at radius 2 is 2.06 bits per heavy atom. The highest BCUT2D eigenvalue weighted by Gasteiger charge is 2.63.